The number of hydrogen-bond donors (Lipinski definition) is 1. The van der Waals surface area contributed by atoms with Crippen LogP contribution in [0.4, 0.5) is 0 Å². The van der Waals surface area contributed by atoms with Gasteiger partial charge in [0.15, 0.2) is 0 Å². The van der Waals surface area contributed by atoms with Gasteiger partial charge in [-0.2, -0.15) is 0 Å². The number of rotatable bonds is 0. The Balaban J connectivity index is -0.0000000267. The van der Waals surface area contributed by atoms with Crippen LogP contribution in [0.5, 0.6) is 0 Å². The minimum Gasteiger partial charge on any atom is -0.780 e. The molecule has 0 unspecified atom stereocenters. The molecule has 0 aliphatic heterocycles. The smallest absolute Gasteiger partial charge is 0.780 e. The van der Waals surface area contributed by atoms with Crippen LogP contribution in [0, 0.1) is 0 Å². The topological polar surface area (TPSA) is 98.2 Å². The van der Waals surface area contributed by atoms with Gasteiger partial charge >= 0.3 is 46.6 Å². The fraction of sp³-hybridized carbons (Fsp3) is 0. The van der Waals surface area contributed by atoms with Crippen molar-refractivity contribution in [2.24, 2.45) is 0 Å². The van der Waals surface area contributed by atoms with E-state index < -0.39 is 9.05 Å². The third-order valence-electron chi connectivity index (χ3n) is 0. The monoisotopic (exact) mass is 215 g/mol. The Bertz CT molecular complexity index is 100. The fourth-order valence-electron chi connectivity index (χ4n) is 0. The largest absolute Gasteiger partial charge is 2.00 e. The first kappa shape index (κ1) is 22.6. The molecule has 8 heavy (non-hydrogen) atoms. The van der Waals surface area contributed by atoms with Crippen LogP contribution in [-0.4, -0.2) is 13.3 Å². The van der Waals surface area contributed by atoms with E-state index in [2.05, 4.69) is 11.2 Å². The van der Waals surface area contributed by atoms with Gasteiger partial charge in [0.1, 0.15) is 0 Å². The van der Waals surface area contributed by atoms with Crippen molar-refractivity contribution >= 4 is 20.2 Å². The maximum atomic E-state index is 8.89. The van der Waals surface area contributed by atoms with E-state index in [1.807, 2.05) is 0 Å². The molecule has 0 spiro atoms. The molecule has 0 aliphatic rings. The van der Waals surface area contributed by atoms with E-state index in [0.29, 0.717) is 0 Å². The molecule has 0 fully saturated rings. The van der Waals surface area contributed by atoms with Gasteiger partial charge in [0.05, 0.1) is 0 Å². The predicted molar refractivity (Wildman–Crippen MR) is 22.1 cm³/mol. The van der Waals surface area contributed by atoms with Crippen LogP contribution in [0.25, 0.3) is 0 Å². The molecular weight excluding hydrogens is 213 g/mol. The van der Waals surface area contributed by atoms with Gasteiger partial charge in [-0.3, -0.25) is 4.21 Å². The molecule has 0 saturated carbocycles. The van der Waals surface area contributed by atoms with E-state index in [9.17, 15) is 0 Å². The van der Waals surface area contributed by atoms with E-state index in [4.69, 9.17) is 13.3 Å². The van der Waals surface area contributed by atoms with E-state index in [1.54, 1.807) is 0 Å². The Hall–Kier alpha value is 1.77. The second kappa shape index (κ2) is 8.77. The van der Waals surface area contributed by atoms with Crippen LogP contribution >= 0.6 is 0 Å². The van der Waals surface area contributed by atoms with Gasteiger partial charge in [-0.15, -0.1) is 9.05 Å². The maximum Gasteiger partial charge on any atom is 2.00 e. The van der Waals surface area contributed by atoms with Gasteiger partial charge in [-0.05, 0) is 11.2 Å². The molecule has 0 aliphatic carbocycles. The summed E-state index contributed by atoms with van der Waals surface area (Å²) in [6, 6.07) is 0. The average Bonchev–Trinajstić information content (AvgIpc) is 0.722. The van der Waals surface area contributed by atoms with E-state index in [-0.39, 0.29) is 52.8 Å². The van der Waals surface area contributed by atoms with Gasteiger partial charge in [0.2, 0.25) is 0 Å². The molecule has 8 heteroatoms. The summed E-state index contributed by atoms with van der Waals surface area (Å²) in [5.41, 5.74) is 0. The molecule has 0 bridgehead atoms. The normalized spacial score (nSPS) is 7.25. The Kier molecular flexibility index (Phi) is 24.7. The van der Waals surface area contributed by atoms with Crippen LogP contribution in [0.3, 0.4) is 0 Å². The zero-order valence-corrected chi connectivity index (χ0v) is 8.62. The van der Waals surface area contributed by atoms with Gasteiger partial charge in [0, 0.05) is 0 Å². The molecule has 0 amide bonds. The number of hydrogen-bond acceptors (Lipinski definition) is 5. The van der Waals surface area contributed by atoms with Gasteiger partial charge in [0.25, 0.3) is 0 Å². The van der Waals surface area contributed by atoms with Gasteiger partial charge in [-0.1, -0.05) is 0 Å². The second-order valence-corrected chi connectivity index (χ2v) is 2.45. The Morgan fingerprint density at radius 1 is 1.38 bits per heavy atom. The van der Waals surface area contributed by atoms with Crippen molar-refractivity contribution in [1.29, 1.82) is 0 Å². The summed E-state index contributed by atoms with van der Waals surface area (Å²) in [6.45, 7) is 0. The molecule has 3 N–H and O–H groups in total. The zero-order chi connectivity index (χ0) is 4.50. The third-order valence-corrected chi connectivity index (χ3v) is 0. The van der Waals surface area contributed by atoms with E-state index in [1.165, 1.54) is 0 Å². The van der Waals surface area contributed by atoms with Crippen molar-refractivity contribution in [3.05, 3.63) is 0 Å². The van der Waals surface area contributed by atoms with Gasteiger partial charge in [-0.25, -0.2) is 0 Å². The van der Waals surface area contributed by atoms with Crippen molar-refractivity contribution < 1.29 is 59.9 Å². The van der Waals surface area contributed by atoms with Gasteiger partial charge < -0.3 is 15.3 Å². The summed E-state index contributed by atoms with van der Waals surface area (Å²) in [6.07, 6.45) is 0. The van der Waals surface area contributed by atoms with Crippen molar-refractivity contribution in [1.82, 2.24) is 6.15 Å². The minimum atomic E-state index is -4.33. The summed E-state index contributed by atoms with van der Waals surface area (Å²) < 4.78 is 26.7. The minimum absolute atomic E-state index is 0. The zero-order valence-electron chi connectivity index (χ0n) is 4.05. The standard InChI is InChI=1S/Cu.H3N.Na.H2O3S2/c;;;1-5(2,3)4/h;1H3;;(H2,1,2,3,4)/q+2;;+1;/p-2. The second-order valence-electron chi connectivity index (χ2n) is 0.408. The quantitative estimate of drug-likeness (QED) is 0.418. The molecule has 0 rings (SSSR count). The molecule has 4 nitrogen and oxygen atoms in total. The summed E-state index contributed by atoms with van der Waals surface area (Å²) in [4.78, 5) is 0. The van der Waals surface area contributed by atoms with Crippen LogP contribution in [0.15, 0.2) is 0 Å². The van der Waals surface area contributed by atoms with Crippen molar-refractivity contribution in [2.75, 3.05) is 0 Å². The maximum absolute atomic E-state index is 8.89. The molecule has 0 atom stereocenters. The molecule has 1 radical (unpaired) electrons. The Morgan fingerprint density at radius 3 is 1.38 bits per heavy atom. The summed E-state index contributed by atoms with van der Waals surface area (Å²) in [5, 5.41) is 0. The van der Waals surface area contributed by atoms with E-state index >= 15 is 0 Å². The van der Waals surface area contributed by atoms with Crippen molar-refractivity contribution in [2.45, 2.75) is 0 Å². The van der Waals surface area contributed by atoms with Crippen LogP contribution in [-0.2, 0) is 37.3 Å². The Morgan fingerprint density at radius 2 is 1.38 bits per heavy atom. The molecular formula is H3CuNNaO3S2+. The molecule has 0 aromatic rings. The molecule has 0 aromatic heterocycles. The average molecular weight is 216 g/mol. The predicted octanol–water partition coefficient (Wildman–Crippen LogP) is -3.84. The summed E-state index contributed by atoms with van der Waals surface area (Å²) in [7, 11) is -4.33. The molecule has 0 heterocycles. The third kappa shape index (κ3) is 114. The molecule has 0 saturated heterocycles. The molecule has 0 aromatic carbocycles. The van der Waals surface area contributed by atoms with Crippen molar-refractivity contribution in [3.63, 3.8) is 0 Å². The first-order chi connectivity index (χ1) is 2.00. The summed E-state index contributed by atoms with van der Waals surface area (Å²) in [5.74, 6) is 0. The first-order valence-electron chi connectivity index (χ1n) is 0.667. The van der Waals surface area contributed by atoms with Crippen LogP contribution < -0.4 is 35.7 Å². The molecule has 49 valence electrons. The van der Waals surface area contributed by atoms with Crippen LogP contribution in [0.2, 0.25) is 0 Å². The SMILES string of the molecule is N.O=S([O-])([O-])=S.[Cu+2].[Na+]. The van der Waals surface area contributed by atoms with Crippen LogP contribution in [0.1, 0.15) is 0 Å². The van der Waals surface area contributed by atoms with E-state index in [0.717, 1.165) is 0 Å². The fourth-order valence-corrected chi connectivity index (χ4v) is 0. The van der Waals surface area contributed by atoms with Crippen molar-refractivity contribution in [3.8, 4) is 0 Å². The first-order valence-corrected chi connectivity index (χ1v) is 3.00. The Labute approximate surface area is 85.5 Å². The summed E-state index contributed by atoms with van der Waals surface area (Å²) >= 11 is 3.24.